The monoisotopic (exact) mass is 235 g/mol. The van der Waals surface area contributed by atoms with Crippen molar-refractivity contribution in [2.45, 2.75) is 45.1 Å². The zero-order valence-corrected chi connectivity index (χ0v) is 10.1. The molecule has 4 nitrogen and oxygen atoms in total. The zero-order valence-electron chi connectivity index (χ0n) is 9.31. The van der Waals surface area contributed by atoms with Crippen LogP contribution in [0.25, 0.3) is 0 Å². The first kappa shape index (κ1) is 12.9. The highest BCUT2D eigenvalue weighted by molar-refractivity contribution is 7.89. The number of hydrogen-bond donors (Lipinski definition) is 1. The highest BCUT2D eigenvalue weighted by Crippen LogP contribution is 2.26. The van der Waals surface area contributed by atoms with Crippen LogP contribution in [0.4, 0.5) is 0 Å². The molecule has 0 amide bonds. The summed E-state index contributed by atoms with van der Waals surface area (Å²) in [4.78, 5) is 0. The predicted molar refractivity (Wildman–Crippen MR) is 60.0 cm³/mol. The number of primary sulfonamides is 1. The fraction of sp³-hybridized carbons (Fsp3) is 1.00. The summed E-state index contributed by atoms with van der Waals surface area (Å²) in [5, 5.41) is 4.90. The van der Waals surface area contributed by atoms with Gasteiger partial charge in [-0.1, -0.05) is 19.8 Å². The lowest BCUT2D eigenvalue weighted by Crippen LogP contribution is -2.27. The second-order valence-corrected chi connectivity index (χ2v) is 6.13. The molecule has 90 valence electrons. The van der Waals surface area contributed by atoms with Gasteiger partial charge in [0.15, 0.2) is 0 Å². The maximum absolute atomic E-state index is 10.7. The summed E-state index contributed by atoms with van der Waals surface area (Å²) in [6, 6.07) is 0. The number of hydrogen-bond acceptors (Lipinski definition) is 3. The van der Waals surface area contributed by atoms with Gasteiger partial charge in [-0.3, -0.25) is 0 Å². The van der Waals surface area contributed by atoms with Crippen molar-refractivity contribution in [3.05, 3.63) is 0 Å². The van der Waals surface area contributed by atoms with Gasteiger partial charge in [-0.05, 0) is 25.2 Å². The van der Waals surface area contributed by atoms with E-state index in [-0.39, 0.29) is 5.75 Å². The standard InChI is InChI=1S/C10H21NO3S/c1-9-5-2-3-6-10(9)14-7-4-8-15(11,12)13/h9-10H,2-8H2,1H3,(H2,11,12,13). The van der Waals surface area contributed by atoms with Crippen LogP contribution in [0.3, 0.4) is 0 Å². The number of rotatable bonds is 5. The van der Waals surface area contributed by atoms with E-state index >= 15 is 0 Å². The molecule has 5 heteroatoms. The molecule has 1 saturated carbocycles. The van der Waals surface area contributed by atoms with Gasteiger partial charge < -0.3 is 4.74 Å². The van der Waals surface area contributed by atoms with Crippen LogP contribution < -0.4 is 5.14 Å². The smallest absolute Gasteiger partial charge is 0.209 e. The lowest BCUT2D eigenvalue weighted by molar-refractivity contribution is -0.00428. The fourth-order valence-corrected chi connectivity index (χ4v) is 2.54. The maximum atomic E-state index is 10.7. The fourth-order valence-electron chi connectivity index (χ4n) is 2.02. The Hall–Kier alpha value is -0.130. The molecule has 0 saturated heterocycles. The van der Waals surface area contributed by atoms with Crippen LogP contribution in [0.15, 0.2) is 0 Å². The minimum Gasteiger partial charge on any atom is -0.378 e. The summed E-state index contributed by atoms with van der Waals surface area (Å²) >= 11 is 0. The SMILES string of the molecule is CC1CCCCC1OCCCS(N)(=O)=O. The molecule has 0 aliphatic heterocycles. The topological polar surface area (TPSA) is 69.4 Å². The Kier molecular flexibility index (Phi) is 5.02. The molecule has 2 unspecified atom stereocenters. The van der Waals surface area contributed by atoms with Crippen molar-refractivity contribution in [1.29, 1.82) is 0 Å². The molecule has 15 heavy (non-hydrogen) atoms. The van der Waals surface area contributed by atoms with E-state index in [4.69, 9.17) is 9.88 Å². The van der Waals surface area contributed by atoms with E-state index in [1.165, 1.54) is 19.3 Å². The van der Waals surface area contributed by atoms with Gasteiger partial charge in [0.25, 0.3) is 0 Å². The average molecular weight is 235 g/mol. The van der Waals surface area contributed by atoms with Gasteiger partial charge in [0, 0.05) is 6.61 Å². The zero-order chi connectivity index (χ0) is 11.3. The summed E-state index contributed by atoms with van der Waals surface area (Å²) in [5.74, 6) is 0.627. The van der Waals surface area contributed by atoms with Crippen LogP contribution in [0.2, 0.25) is 0 Å². The summed E-state index contributed by atoms with van der Waals surface area (Å²) in [7, 11) is -3.32. The Morgan fingerprint density at radius 1 is 1.33 bits per heavy atom. The van der Waals surface area contributed by atoms with Crippen LogP contribution in [0.1, 0.15) is 39.0 Å². The molecule has 0 heterocycles. The highest BCUT2D eigenvalue weighted by atomic mass is 32.2. The van der Waals surface area contributed by atoms with Gasteiger partial charge in [-0.25, -0.2) is 13.6 Å². The second-order valence-electron chi connectivity index (χ2n) is 4.39. The molecule has 2 atom stereocenters. The first-order valence-corrected chi connectivity index (χ1v) is 7.32. The van der Waals surface area contributed by atoms with E-state index in [1.54, 1.807) is 0 Å². The third-order valence-electron chi connectivity index (χ3n) is 2.94. The van der Waals surface area contributed by atoms with Crippen molar-refractivity contribution in [1.82, 2.24) is 0 Å². The van der Waals surface area contributed by atoms with Gasteiger partial charge in [0.1, 0.15) is 0 Å². The molecule has 1 fully saturated rings. The molecular weight excluding hydrogens is 214 g/mol. The van der Waals surface area contributed by atoms with Crippen molar-refractivity contribution < 1.29 is 13.2 Å². The Labute approximate surface area is 92.2 Å². The third kappa shape index (κ3) is 5.49. The van der Waals surface area contributed by atoms with E-state index in [1.807, 2.05) is 0 Å². The van der Waals surface area contributed by atoms with Gasteiger partial charge in [-0.15, -0.1) is 0 Å². The first-order valence-electron chi connectivity index (χ1n) is 5.61. The lowest BCUT2D eigenvalue weighted by Gasteiger charge is -2.28. The van der Waals surface area contributed by atoms with Crippen molar-refractivity contribution in [3.8, 4) is 0 Å². The third-order valence-corrected chi connectivity index (χ3v) is 3.80. The van der Waals surface area contributed by atoms with Gasteiger partial charge in [0.05, 0.1) is 11.9 Å². The van der Waals surface area contributed by atoms with Gasteiger partial charge >= 0.3 is 0 Å². The molecular formula is C10H21NO3S. The summed E-state index contributed by atoms with van der Waals surface area (Å²) in [5.41, 5.74) is 0. The molecule has 0 aromatic heterocycles. The van der Waals surface area contributed by atoms with Crippen LogP contribution >= 0.6 is 0 Å². The van der Waals surface area contributed by atoms with Crippen molar-refractivity contribution >= 4 is 10.0 Å². The van der Waals surface area contributed by atoms with E-state index < -0.39 is 10.0 Å². The van der Waals surface area contributed by atoms with E-state index in [9.17, 15) is 8.42 Å². The molecule has 1 aliphatic carbocycles. The van der Waals surface area contributed by atoms with Crippen molar-refractivity contribution in [3.63, 3.8) is 0 Å². The van der Waals surface area contributed by atoms with Gasteiger partial charge in [-0.2, -0.15) is 0 Å². The van der Waals surface area contributed by atoms with Crippen LogP contribution in [-0.4, -0.2) is 26.9 Å². The molecule has 0 aromatic carbocycles. The maximum Gasteiger partial charge on any atom is 0.209 e. The van der Waals surface area contributed by atoms with E-state index in [2.05, 4.69) is 6.92 Å². The number of nitrogens with two attached hydrogens (primary N) is 1. The molecule has 0 aromatic rings. The Balaban J connectivity index is 2.14. The lowest BCUT2D eigenvalue weighted by atomic mass is 9.88. The van der Waals surface area contributed by atoms with Crippen molar-refractivity contribution in [2.75, 3.05) is 12.4 Å². The predicted octanol–water partition coefficient (Wildman–Crippen LogP) is 1.26. The van der Waals surface area contributed by atoms with E-state index in [0.29, 0.717) is 25.0 Å². The van der Waals surface area contributed by atoms with Crippen LogP contribution in [-0.2, 0) is 14.8 Å². The summed E-state index contributed by atoms with van der Waals surface area (Å²) in [6.45, 7) is 2.70. The normalized spacial score (nSPS) is 27.9. The summed E-state index contributed by atoms with van der Waals surface area (Å²) in [6.07, 6.45) is 5.67. The minimum atomic E-state index is -3.32. The van der Waals surface area contributed by atoms with Crippen molar-refractivity contribution in [2.24, 2.45) is 11.1 Å². The van der Waals surface area contributed by atoms with Crippen LogP contribution in [0.5, 0.6) is 0 Å². The second kappa shape index (κ2) is 5.82. The quantitative estimate of drug-likeness (QED) is 0.729. The minimum absolute atomic E-state index is 0.0219. The molecule has 0 bridgehead atoms. The summed E-state index contributed by atoms with van der Waals surface area (Å²) < 4.78 is 27.0. The first-order chi connectivity index (χ1) is 6.99. The molecule has 0 spiro atoms. The van der Waals surface area contributed by atoms with Gasteiger partial charge in [0.2, 0.25) is 10.0 Å². The molecule has 0 radical (unpaired) electrons. The molecule has 1 aliphatic rings. The Morgan fingerprint density at radius 2 is 2.00 bits per heavy atom. The van der Waals surface area contributed by atoms with E-state index in [0.717, 1.165) is 6.42 Å². The molecule has 1 rings (SSSR count). The van der Waals surface area contributed by atoms with Crippen LogP contribution in [0, 0.1) is 5.92 Å². The highest BCUT2D eigenvalue weighted by Gasteiger charge is 2.21. The largest absolute Gasteiger partial charge is 0.378 e. The Bertz CT molecular complexity index is 276. The average Bonchev–Trinajstić information content (AvgIpc) is 2.13. The number of ether oxygens (including phenoxy) is 1. The Morgan fingerprint density at radius 3 is 2.60 bits per heavy atom. The molecule has 2 N–H and O–H groups in total. The number of sulfonamides is 1.